The van der Waals surface area contributed by atoms with Crippen molar-refractivity contribution in [2.24, 2.45) is 17.5 Å². The molecule has 2 aromatic rings. The molecule has 3 rings (SSSR count). The van der Waals surface area contributed by atoms with Crippen molar-refractivity contribution in [3.05, 3.63) is 46.6 Å². The van der Waals surface area contributed by atoms with Gasteiger partial charge >= 0.3 is 6.18 Å². The molecular weight excluding hydrogens is 487 g/mol. The molecule has 1 aromatic heterocycles. The zero-order valence-corrected chi connectivity index (χ0v) is 22.6. The number of halogens is 3. The maximum Gasteiger partial charge on any atom is 0.416 e. The fourth-order valence-electron chi connectivity index (χ4n) is 4.15. The van der Waals surface area contributed by atoms with Gasteiger partial charge in [0, 0.05) is 30.8 Å². The number of rotatable bonds is 6. The third kappa shape index (κ3) is 7.04. The Bertz CT molecular complexity index is 1180. The van der Waals surface area contributed by atoms with E-state index in [0.29, 0.717) is 18.6 Å². The number of carbonyl (C=O) groups is 1. The van der Waals surface area contributed by atoms with Crippen molar-refractivity contribution in [2.75, 3.05) is 13.2 Å². The van der Waals surface area contributed by atoms with E-state index < -0.39 is 29.2 Å². The second kappa shape index (κ2) is 10.6. The van der Waals surface area contributed by atoms with Gasteiger partial charge < -0.3 is 14.6 Å². The van der Waals surface area contributed by atoms with E-state index in [1.807, 2.05) is 58.0 Å². The van der Waals surface area contributed by atoms with E-state index in [1.54, 1.807) is 6.07 Å². The Labute approximate surface area is 215 Å². The average molecular weight is 526 g/mol. The molecule has 206 valence electrons. The van der Waals surface area contributed by atoms with Crippen molar-refractivity contribution < 1.29 is 32.5 Å². The number of alkyl halides is 3. The highest BCUT2D eigenvalue weighted by atomic mass is 19.4. The smallest absolute Gasteiger partial charge is 0.416 e. The van der Waals surface area contributed by atoms with Crippen molar-refractivity contribution in [1.29, 1.82) is 0 Å². The van der Waals surface area contributed by atoms with Gasteiger partial charge in [-0.2, -0.15) is 18.2 Å². The highest BCUT2D eigenvalue weighted by Crippen LogP contribution is 2.33. The fraction of sp³-hybridized carbons (Fsp3) is 0.630. The number of nitrogens with zero attached hydrogens (tertiary/aromatic N) is 3. The van der Waals surface area contributed by atoms with E-state index in [4.69, 9.17) is 9.47 Å². The zero-order valence-electron chi connectivity index (χ0n) is 22.6. The molecule has 10 heteroatoms. The molecule has 0 spiro atoms. The molecule has 0 radical (unpaired) electrons. The van der Waals surface area contributed by atoms with Crippen LogP contribution >= 0.6 is 0 Å². The Hall–Kier alpha value is -2.59. The van der Waals surface area contributed by atoms with Crippen LogP contribution in [0.15, 0.2) is 29.3 Å². The number of aromatic nitrogens is 2. The summed E-state index contributed by atoms with van der Waals surface area (Å²) >= 11 is 0. The van der Waals surface area contributed by atoms with Crippen LogP contribution in [0.4, 0.5) is 13.2 Å². The van der Waals surface area contributed by atoms with Gasteiger partial charge in [-0.3, -0.25) is 14.2 Å². The molecule has 0 aliphatic carbocycles. The molecule has 2 atom stereocenters. The zero-order chi connectivity index (χ0) is 27.8. The van der Waals surface area contributed by atoms with E-state index in [2.05, 4.69) is 4.99 Å². The van der Waals surface area contributed by atoms with Crippen LogP contribution in [0.5, 0.6) is 5.75 Å². The van der Waals surface area contributed by atoms with Crippen molar-refractivity contribution >= 4 is 5.91 Å². The average Bonchev–Trinajstić information content (AvgIpc) is 3.39. The van der Waals surface area contributed by atoms with Crippen LogP contribution in [0.2, 0.25) is 0 Å². The molecule has 0 bridgehead atoms. The quantitative estimate of drug-likeness (QED) is 0.585. The maximum atomic E-state index is 13.5. The van der Waals surface area contributed by atoms with Crippen LogP contribution < -0.4 is 10.2 Å². The van der Waals surface area contributed by atoms with Crippen LogP contribution in [-0.2, 0) is 29.9 Å². The molecule has 0 unspecified atom stereocenters. The second-order valence-electron chi connectivity index (χ2n) is 11.7. The molecule has 37 heavy (non-hydrogen) atoms. The summed E-state index contributed by atoms with van der Waals surface area (Å²) in [5, 5.41) is 10.3. The van der Waals surface area contributed by atoms with Crippen LogP contribution in [0, 0.1) is 5.41 Å². The lowest BCUT2D eigenvalue weighted by atomic mass is 9.90. The number of aliphatic hydroxyl groups is 1. The predicted octanol–water partition coefficient (Wildman–Crippen LogP) is 4.85. The number of ether oxygens (including phenoxy) is 2. The molecule has 1 aliphatic heterocycles. The second-order valence-corrected chi connectivity index (χ2v) is 11.7. The normalized spacial score (nSPS) is 18.4. The predicted molar refractivity (Wildman–Crippen MR) is 133 cm³/mol. The largest absolute Gasteiger partial charge is 0.490 e. The van der Waals surface area contributed by atoms with E-state index >= 15 is 0 Å². The summed E-state index contributed by atoms with van der Waals surface area (Å²) in [7, 11) is 1.87. The van der Waals surface area contributed by atoms with Gasteiger partial charge in [-0.25, -0.2) is 0 Å². The number of carbonyl (C=O) groups excluding carboxylic acids is 1. The molecule has 1 aromatic carbocycles. The lowest BCUT2D eigenvalue weighted by Gasteiger charge is -2.26. The van der Waals surface area contributed by atoms with Crippen molar-refractivity contribution in [3.63, 3.8) is 0 Å². The third-order valence-corrected chi connectivity index (χ3v) is 6.56. The maximum absolute atomic E-state index is 13.5. The minimum Gasteiger partial charge on any atom is -0.490 e. The van der Waals surface area contributed by atoms with Crippen LogP contribution in [0.1, 0.15) is 76.0 Å². The Morgan fingerprint density at radius 1 is 1.19 bits per heavy atom. The summed E-state index contributed by atoms with van der Waals surface area (Å²) in [6.45, 7) is 12.5. The van der Waals surface area contributed by atoms with E-state index in [0.717, 1.165) is 36.7 Å². The Kier molecular flexibility index (Phi) is 8.34. The molecule has 2 heterocycles. The van der Waals surface area contributed by atoms with Gasteiger partial charge in [0.05, 0.1) is 29.9 Å². The molecule has 7 nitrogen and oxygen atoms in total. The number of aliphatic hydroxyl groups excluding tert-OH is 1. The Balaban J connectivity index is 2.08. The van der Waals surface area contributed by atoms with Gasteiger partial charge in [-0.05, 0) is 36.5 Å². The van der Waals surface area contributed by atoms with Crippen molar-refractivity contribution in [1.82, 2.24) is 9.36 Å². The summed E-state index contributed by atoms with van der Waals surface area (Å²) in [5.41, 5.74) is -0.845. The molecule has 1 amide bonds. The van der Waals surface area contributed by atoms with Gasteiger partial charge in [0.25, 0.3) is 5.91 Å². The molecule has 1 saturated heterocycles. The number of hydrogen-bond acceptors (Lipinski definition) is 4. The minimum atomic E-state index is -4.65. The van der Waals surface area contributed by atoms with Gasteiger partial charge in [0.15, 0.2) is 5.49 Å². The van der Waals surface area contributed by atoms with Gasteiger partial charge in [0.1, 0.15) is 12.4 Å². The number of hydrogen-bond donors (Lipinski definition) is 1. The summed E-state index contributed by atoms with van der Waals surface area (Å²) in [4.78, 5) is 17.6. The van der Waals surface area contributed by atoms with Gasteiger partial charge in [-0.15, -0.1) is 0 Å². The SMILES string of the molecule is Cn1c(C(C)(C)C)cc(=NC(=O)c2cc(C(F)(F)F)ccc2OC[C@H](O)C(C)(C)C)n1C[C@H]1CCCO1. The minimum absolute atomic E-state index is 0.0400. The monoisotopic (exact) mass is 525 g/mol. The standard InChI is InChI=1S/C27H38F3N3O4/c1-25(2,3)21-14-23(33(32(21)7)15-18-9-8-12-36-18)31-24(35)19-13-17(27(28,29)30)10-11-20(19)37-16-22(34)26(4,5)6/h10-11,13-14,18,22,34H,8-9,12,15-16H2,1-7H3/t18-,22+/m1/s1. The summed E-state index contributed by atoms with van der Waals surface area (Å²) in [6.07, 6.45) is -3.77. The third-order valence-electron chi connectivity index (χ3n) is 6.56. The first-order valence-corrected chi connectivity index (χ1v) is 12.5. The lowest BCUT2D eigenvalue weighted by molar-refractivity contribution is -0.137. The van der Waals surface area contributed by atoms with Crippen molar-refractivity contribution in [3.8, 4) is 5.75 Å². The van der Waals surface area contributed by atoms with Crippen LogP contribution in [-0.4, -0.2) is 45.8 Å². The molecule has 1 fully saturated rings. The number of benzene rings is 1. The molecular formula is C27H38F3N3O4. The van der Waals surface area contributed by atoms with Gasteiger partial charge in [0.2, 0.25) is 0 Å². The molecule has 1 N–H and O–H groups in total. The summed E-state index contributed by atoms with van der Waals surface area (Å²) in [5.74, 6) is -0.929. The summed E-state index contributed by atoms with van der Waals surface area (Å²) < 4.78 is 55.6. The highest BCUT2D eigenvalue weighted by molar-refractivity contribution is 5.97. The summed E-state index contributed by atoms with van der Waals surface area (Å²) in [6, 6.07) is 4.49. The highest BCUT2D eigenvalue weighted by Gasteiger charge is 2.33. The Morgan fingerprint density at radius 2 is 1.86 bits per heavy atom. The number of amides is 1. The van der Waals surface area contributed by atoms with E-state index in [9.17, 15) is 23.1 Å². The molecule has 1 aliphatic rings. The van der Waals surface area contributed by atoms with Crippen molar-refractivity contribution in [2.45, 2.75) is 84.7 Å². The van der Waals surface area contributed by atoms with Crippen LogP contribution in [0.25, 0.3) is 0 Å². The Morgan fingerprint density at radius 3 is 2.41 bits per heavy atom. The molecule has 0 saturated carbocycles. The van der Waals surface area contributed by atoms with E-state index in [-0.39, 0.29) is 29.4 Å². The topological polar surface area (TPSA) is 78.0 Å². The lowest BCUT2D eigenvalue weighted by Crippen LogP contribution is -2.32. The van der Waals surface area contributed by atoms with Gasteiger partial charge in [-0.1, -0.05) is 41.5 Å². The first-order valence-electron chi connectivity index (χ1n) is 12.5. The fourth-order valence-corrected chi connectivity index (χ4v) is 4.15. The van der Waals surface area contributed by atoms with Crippen LogP contribution in [0.3, 0.4) is 0 Å². The first kappa shape index (κ1) is 29.0. The first-order chi connectivity index (χ1) is 17.0. The van der Waals surface area contributed by atoms with E-state index in [1.165, 1.54) is 0 Å².